The van der Waals surface area contributed by atoms with Crippen LogP contribution in [0, 0.1) is 11.7 Å². The van der Waals surface area contributed by atoms with Crippen LogP contribution >= 0.6 is 0 Å². The third-order valence-electron chi connectivity index (χ3n) is 5.23. The lowest BCUT2D eigenvalue weighted by Gasteiger charge is -2.32. The second-order valence-electron chi connectivity index (χ2n) is 6.88. The lowest BCUT2D eigenvalue weighted by Crippen LogP contribution is -2.39. The second kappa shape index (κ2) is 7.39. The summed E-state index contributed by atoms with van der Waals surface area (Å²) in [6.45, 7) is 4.49. The Balaban J connectivity index is 1.45. The Labute approximate surface area is 157 Å². The number of imidazole rings is 1. The van der Waals surface area contributed by atoms with E-state index in [0.717, 1.165) is 49.5 Å². The monoisotopic (exact) mass is 366 g/mol. The minimum Gasteiger partial charge on any atom is -0.342 e. The molecule has 0 radical (unpaired) electrons. The van der Waals surface area contributed by atoms with E-state index >= 15 is 0 Å². The molecule has 0 atom stereocenters. The molecule has 6 heteroatoms. The molecule has 1 aromatic heterocycles. The van der Waals surface area contributed by atoms with Gasteiger partial charge in [0.25, 0.3) is 0 Å². The van der Waals surface area contributed by atoms with Crippen LogP contribution in [0.5, 0.6) is 0 Å². The summed E-state index contributed by atoms with van der Waals surface area (Å²) >= 11 is 0. The number of piperidine rings is 1. The minimum atomic E-state index is -0.403. The number of benzene rings is 2. The summed E-state index contributed by atoms with van der Waals surface area (Å²) in [7, 11) is 0. The number of aryl methyl sites for hydroxylation is 1. The van der Waals surface area contributed by atoms with Gasteiger partial charge in [-0.25, -0.2) is 9.37 Å². The van der Waals surface area contributed by atoms with Crippen molar-refractivity contribution < 1.29 is 9.18 Å². The van der Waals surface area contributed by atoms with E-state index in [4.69, 9.17) is 4.98 Å². The van der Waals surface area contributed by atoms with Gasteiger partial charge in [0.1, 0.15) is 5.82 Å². The molecule has 5 nitrogen and oxygen atoms in total. The van der Waals surface area contributed by atoms with Crippen molar-refractivity contribution in [3.63, 3.8) is 0 Å². The van der Waals surface area contributed by atoms with E-state index in [1.165, 1.54) is 6.07 Å². The molecule has 0 spiro atoms. The number of nitrogens with zero attached hydrogens (tertiary/aromatic N) is 3. The molecule has 1 amide bonds. The summed E-state index contributed by atoms with van der Waals surface area (Å²) in [5.41, 5.74) is 2.38. The number of carbonyl (C=O) groups excluding carboxylic acids is 1. The van der Waals surface area contributed by atoms with Crippen LogP contribution in [0.25, 0.3) is 11.0 Å². The topological polar surface area (TPSA) is 50.2 Å². The first-order valence-electron chi connectivity index (χ1n) is 9.43. The lowest BCUT2D eigenvalue weighted by molar-refractivity contribution is -0.120. The third kappa shape index (κ3) is 3.39. The fraction of sp³-hybridized carbons (Fsp3) is 0.333. The summed E-state index contributed by atoms with van der Waals surface area (Å²) in [6.07, 6.45) is 1.46. The maximum Gasteiger partial charge on any atom is 0.227 e. The Bertz CT molecular complexity index is 960. The van der Waals surface area contributed by atoms with Gasteiger partial charge in [0.15, 0.2) is 0 Å². The summed E-state index contributed by atoms with van der Waals surface area (Å²) < 4.78 is 16.0. The van der Waals surface area contributed by atoms with Crippen LogP contribution in [0.15, 0.2) is 48.5 Å². The molecule has 0 aliphatic carbocycles. The second-order valence-corrected chi connectivity index (χ2v) is 6.88. The number of para-hydroxylation sites is 3. The zero-order valence-electron chi connectivity index (χ0n) is 15.4. The molecule has 1 aliphatic heterocycles. The molecule has 4 rings (SSSR count). The van der Waals surface area contributed by atoms with E-state index in [1.54, 1.807) is 18.2 Å². The van der Waals surface area contributed by atoms with Crippen LogP contribution in [0.1, 0.15) is 19.8 Å². The Morgan fingerprint density at radius 2 is 1.85 bits per heavy atom. The molecule has 0 bridgehead atoms. The minimum absolute atomic E-state index is 0.108. The Hall–Kier alpha value is -2.89. The normalized spacial score (nSPS) is 15.3. The van der Waals surface area contributed by atoms with E-state index in [9.17, 15) is 9.18 Å². The SMILES string of the molecule is CCn1c(N2CCC(C(=O)Nc3ccccc3F)CC2)nc2ccccc21. The third-order valence-corrected chi connectivity index (χ3v) is 5.23. The van der Waals surface area contributed by atoms with Crippen LogP contribution in [-0.4, -0.2) is 28.5 Å². The van der Waals surface area contributed by atoms with Gasteiger partial charge in [0.2, 0.25) is 11.9 Å². The van der Waals surface area contributed by atoms with E-state index in [1.807, 2.05) is 18.2 Å². The molecule has 1 N–H and O–H groups in total. The van der Waals surface area contributed by atoms with Gasteiger partial charge in [-0.2, -0.15) is 0 Å². The van der Waals surface area contributed by atoms with E-state index in [2.05, 4.69) is 27.8 Å². The quantitative estimate of drug-likeness (QED) is 0.758. The molecule has 3 aromatic rings. The fourth-order valence-corrected chi connectivity index (χ4v) is 3.76. The number of hydrogen-bond acceptors (Lipinski definition) is 3. The number of rotatable bonds is 4. The van der Waals surface area contributed by atoms with Crippen molar-refractivity contribution in [3.8, 4) is 0 Å². The highest BCUT2D eigenvalue weighted by Crippen LogP contribution is 2.27. The maximum absolute atomic E-state index is 13.8. The Morgan fingerprint density at radius 3 is 2.59 bits per heavy atom. The first-order chi connectivity index (χ1) is 13.2. The highest BCUT2D eigenvalue weighted by molar-refractivity contribution is 5.92. The van der Waals surface area contributed by atoms with Crippen molar-refractivity contribution in [3.05, 3.63) is 54.3 Å². The van der Waals surface area contributed by atoms with Gasteiger partial charge in [-0.05, 0) is 44.0 Å². The molecule has 1 saturated heterocycles. The Morgan fingerprint density at radius 1 is 1.15 bits per heavy atom. The highest BCUT2D eigenvalue weighted by atomic mass is 19.1. The molecular formula is C21H23FN4O. The van der Waals surface area contributed by atoms with Gasteiger partial charge in [-0.1, -0.05) is 24.3 Å². The van der Waals surface area contributed by atoms with Crippen LogP contribution in [0.2, 0.25) is 0 Å². The van der Waals surface area contributed by atoms with Crippen LogP contribution < -0.4 is 10.2 Å². The average Bonchev–Trinajstić information content (AvgIpc) is 3.08. The standard InChI is InChI=1S/C21H23FN4O/c1-2-26-19-10-6-5-9-18(19)24-21(26)25-13-11-15(12-14-25)20(27)23-17-8-4-3-7-16(17)22/h3-10,15H,2,11-14H2,1H3,(H,23,27). The smallest absolute Gasteiger partial charge is 0.227 e. The van der Waals surface area contributed by atoms with Crippen molar-refractivity contribution in [2.24, 2.45) is 5.92 Å². The van der Waals surface area contributed by atoms with Crippen molar-refractivity contribution in [2.45, 2.75) is 26.3 Å². The number of halogens is 1. The number of anilines is 2. The molecular weight excluding hydrogens is 343 g/mol. The van der Waals surface area contributed by atoms with Crippen LogP contribution in [0.3, 0.4) is 0 Å². The molecule has 1 fully saturated rings. The summed E-state index contributed by atoms with van der Waals surface area (Å²) in [5.74, 6) is 0.343. The van der Waals surface area contributed by atoms with Crippen molar-refractivity contribution in [1.82, 2.24) is 9.55 Å². The average molecular weight is 366 g/mol. The van der Waals surface area contributed by atoms with Gasteiger partial charge in [-0.15, -0.1) is 0 Å². The molecule has 27 heavy (non-hydrogen) atoms. The summed E-state index contributed by atoms with van der Waals surface area (Å²) in [5, 5.41) is 2.73. The zero-order valence-corrected chi connectivity index (χ0v) is 15.4. The molecule has 140 valence electrons. The van der Waals surface area contributed by atoms with Crippen molar-refractivity contribution in [1.29, 1.82) is 0 Å². The summed E-state index contributed by atoms with van der Waals surface area (Å²) in [4.78, 5) is 19.6. The molecule has 2 heterocycles. The van der Waals surface area contributed by atoms with E-state index in [0.29, 0.717) is 0 Å². The zero-order chi connectivity index (χ0) is 18.8. The maximum atomic E-state index is 13.8. The number of aromatic nitrogens is 2. The van der Waals surface area contributed by atoms with Gasteiger partial charge in [0, 0.05) is 25.6 Å². The van der Waals surface area contributed by atoms with Gasteiger partial charge >= 0.3 is 0 Å². The summed E-state index contributed by atoms with van der Waals surface area (Å²) in [6, 6.07) is 14.4. The number of carbonyl (C=O) groups is 1. The van der Waals surface area contributed by atoms with Gasteiger partial charge in [0.05, 0.1) is 16.7 Å². The molecule has 1 aliphatic rings. The van der Waals surface area contributed by atoms with Crippen molar-refractivity contribution >= 4 is 28.6 Å². The number of amides is 1. The number of fused-ring (bicyclic) bond motifs is 1. The lowest BCUT2D eigenvalue weighted by atomic mass is 9.96. The van der Waals surface area contributed by atoms with Crippen LogP contribution in [0.4, 0.5) is 16.0 Å². The van der Waals surface area contributed by atoms with Crippen molar-refractivity contribution in [2.75, 3.05) is 23.3 Å². The first kappa shape index (κ1) is 17.5. The van der Waals surface area contributed by atoms with E-state index < -0.39 is 5.82 Å². The largest absolute Gasteiger partial charge is 0.342 e. The predicted octanol–water partition coefficient (Wildman–Crippen LogP) is 4.05. The predicted molar refractivity (Wildman–Crippen MR) is 105 cm³/mol. The van der Waals surface area contributed by atoms with E-state index in [-0.39, 0.29) is 17.5 Å². The molecule has 0 unspecified atom stereocenters. The van der Waals surface area contributed by atoms with Gasteiger partial charge in [-0.3, -0.25) is 4.79 Å². The highest BCUT2D eigenvalue weighted by Gasteiger charge is 2.27. The molecule has 2 aromatic carbocycles. The van der Waals surface area contributed by atoms with Gasteiger partial charge < -0.3 is 14.8 Å². The first-order valence-corrected chi connectivity index (χ1v) is 9.43. The number of nitrogens with one attached hydrogen (secondary N) is 1. The number of hydrogen-bond donors (Lipinski definition) is 1. The van der Waals surface area contributed by atoms with Crippen LogP contribution in [-0.2, 0) is 11.3 Å². The fourth-order valence-electron chi connectivity index (χ4n) is 3.76. The Kier molecular flexibility index (Phi) is 4.79. The molecule has 0 saturated carbocycles.